The van der Waals surface area contributed by atoms with E-state index in [1.54, 1.807) is 6.07 Å². The predicted octanol–water partition coefficient (Wildman–Crippen LogP) is 1.64. The Morgan fingerprint density at radius 1 is 1.17 bits per heavy atom. The molecule has 1 heterocycles. The molecule has 0 atom stereocenters. The number of aryl methyl sites for hydroxylation is 1. The van der Waals surface area contributed by atoms with Crippen LogP contribution in [0.2, 0.25) is 0 Å². The molecule has 0 saturated carbocycles. The Morgan fingerprint density at radius 3 is 2.54 bits per heavy atom. The third-order valence-electron chi connectivity index (χ3n) is 3.93. The van der Waals surface area contributed by atoms with Gasteiger partial charge in [0, 0.05) is 16.0 Å². The number of benzene rings is 1. The Morgan fingerprint density at radius 2 is 1.88 bits per heavy atom. The number of carboxylic acids is 1. The van der Waals surface area contributed by atoms with Crippen LogP contribution in [0.25, 0.3) is 0 Å². The molecule has 0 bridgehead atoms. The molecule has 0 fully saturated rings. The SMILES string of the molecule is COC(=O)c1c(NC(=O)c2ccccc2C(=O)[O-])sc2c1CCC2. The topological polar surface area (TPSA) is 95.5 Å². The highest BCUT2D eigenvalue weighted by atomic mass is 32.1. The molecule has 124 valence electrons. The minimum Gasteiger partial charge on any atom is -0.545 e. The molecule has 1 aliphatic carbocycles. The molecule has 1 aromatic carbocycles. The zero-order chi connectivity index (χ0) is 17.3. The minimum absolute atomic E-state index is 0.0122. The fourth-order valence-electron chi connectivity index (χ4n) is 2.84. The number of aromatic carboxylic acids is 1. The van der Waals surface area contributed by atoms with Crippen molar-refractivity contribution in [2.45, 2.75) is 19.3 Å². The van der Waals surface area contributed by atoms with E-state index in [4.69, 9.17) is 4.74 Å². The van der Waals surface area contributed by atoms with Gasteiger partial charge in [-0.2, -0.15) is 0 Å². The van der Waals surface area contributed by atoms with E-state index in [1.165, 1.54) is 36.6 Å². The molecule has 0 aliphatic heterocycles. The van der Waals surface area contributed by atoms with Crippen molar-refractivity contribution in [1.29, 1.82) is 0 Å². The zero-order valence-corrected chi connectivity index (χ0v) is 13.7. The molecule has 0 radical (unpaired) electrons. The second-order valence-electron chi connectivity index (χ2n) is 5.34. The molecule has 2 aromatic rings. The molecule has 0 saturated heterocycles. The van der Waals surface area contributed by atoms with Gasteiger partial charge in [-0.3, -0.25) is 4.79 Å². The van der Waals surface area contributed by atoms with Crippen LogP contribution in [0.15, 0.2) is 24.3 Å². The van der Waals surface area contributed by atoms with Gasteiger partial charge in [0.15, 0.2) is 0 Å². The Bertz CT molecular complexity index is 840. The lowest BCUT2D eigenvalue weighted by Crippen LogP contribution is -2.26. The van der Waals surface area contributed by atoms with Gasteiger partial charge in [-0.25, -0.2) is 4.79 Å². The first-order chi connectivity index (χ1) is 11.5. The molecule has 0 unspecified atom stereocenters. The van der Waals surface area contributed by atoms with Crippen LogP contribution in [0.3, 0.4) is 0 Å². The summed E-state index contributed by atoms with van der Waals surface area (Å²) < 4.78 is 4.82. The maximum atomic E-state index is 12.5. The molecule has 24 heavy (non-hydrogen) atoms. The first-order valence-corrected chi connectivity index (χ1v) is 8.19. The standard InChI is InChI=1S/C17H15NO5S/c1-23-17(22)13-11-7-4-8-12(11)24-15(13)18-14(19)9-5-2-3-6-10(9)16(20)21/h2-3,5-6H,4,7-8H2,1H3,(H,18,19)(H,20,21)/p-1. The monoisotopic (exact) mass is 344 g/mol. The first kappa shape index (κ1) is 16.2. The van der Waals surface area contributed by atoms with Crippen LogP contribution >= 0.6 is 11.3 Å². The normalized spacial score (nSPS) is 12.5. The summed E-state index contributed by atoms with van der Waals surface area (Å²) in [5.74, 6) is -2.53. The number of hydrogen-bond donors (Lipinski definition) is 1. The fourth-order valence-corrected chi connectivity index (χ4v) is 4.11. The Hall–Kier alpha value is -2.67. The molecule has 3 rings (SSSR count). The molecule has 1 aliphatic rings. The summed E-state index contributed by atoms with van der Waals surface area (Å²) in [6, 6.07) is 5.79. The summed E-state index contributed by atoms with van der Waals surface area (Å²) >= 11 is 1.33. The number of carbonyl (C=O) groups is 3. The molecule has 1 aromatic heterocycles. The first-order valence-electron chi connectivity index (χ1n) is 7.37. The summed E-state index contributed by atoms with van der Waals surface area (Å²) in [5.41, 5.74) is 1.07. The van der Waals surface area contributed by atoms with Crippen molar-refractivity contribution < 1.29 is 24.2 Å². The van der Waals surface area contributed by atoms with Crippen molar-refractivity contribution >= 4 is 34.2 Å². The number of nitrogens with one attached hydrogen (secondary N) is 1. The number of hydrogen-bond acceptors (Lipinski definition) is 6. The van der Waals surface area contributed by atoms with Gasteiger partial charge in [-0.15, -0.1) is 11.3 Å². The van der Waals surface area contributed by atoms with Crippen molar-refractivity contribution in [1.82, 2.24) is 0 Å². The minimum atomic E-state index is -1.43. The lowest BCUT2D eigenvalue weighted by Gasteiger charge is -2.11. The highest BCUT2D eigenvalue weighted by Crippen LogP contribution is 2.39. The van der Waals surface area contributed by atoms with Crippen LogP contribution in [-0.4, -0.2) is 25.0 Å². The van der Waals surface area contributed by atoms with Gasteiger partial charge in [0.2, 0.25) is 0 Å². The number of ether oxygens (including phenoxy) is 1. The number of anilines is 1. The number of rotatable bonds is 4. The van der Waals surface area contributed by atoms with E-state index in [9.17, 15) is 19.5 Å². The third kappa shape index (κ3) is 2.78. The largest absolute Gasteiger partial charge is 0.545 e. The molecule has 1 N–H and O–H groups in total. The zero-order valence-electron chi connectivity index (χ0n) is 12.9. The van der Waals surface area contributed by atoms with Gasteiger partial charge >= 0.3 is 5.97 Å². The number of thiophene rings is 1. The van der Waals surface area contributed by atoms with Crippen molar-refractivity contribution in [3.05, 3.63) is 51.4 Å². The Balaban J connectivity index is 1.96. The van der Waals surface area contributed by atoms with Gasteiger partial charge in [-0.05, 0) is 30.9 Å². The second-order valence-corrected chi connectivity index (χ2v) is 6.45. The number of carbonyl (C=O) groups excluding carboxylic acids is 3. The van der Waals surface area contributed by atoms with E-state index in [-0.39, 0.29) is 11.1 Å². The van der Waals surface area contributed by atoms with Gasteiger partial charge in [0.25, 0.3) is 5.91 Å². The predicted molar refractivity (Wildman–Crippen MR) is 86.4 cm³/mol. The lowest BCUT2D eigenvalue weighted by atomic mass is 10.1. The Labute approximate surface area is 142 Å². The smallest absolute Gasteiger partial charge is 0.341 e. The van der Waals surface area contributed by atoms with Crippen LogP contribution in [0.5, 0.6) is 0 Å². The highest BCUT2D eigenvalue weighted by Gasteiger charge is 2.28. The number of carboxylic acid groups (broad SMARTS) is 1. The summed E-state index contributed by atoms with van der Waals surface area (Å²) in [6.07, 6.45) is 2.59. The average Bonchev–Trinajstić information content (AvgIpc) is 3.14. The van der Waals surface area contributed by atoms with Gasteiger partial charge < -0.3 is 20.0 Å². The average molecular weight is 344 g/mol. The van der Waals surface area contributed by atoms with Crippen molar-refractivity contribution in [3.8, 4) is 0 Å². The van der Waals surface area contributed by atoms with E-state index in [0.29, 0.717) is 10.6 Å². The molecule has 6 nitrogen and oxygen atoms in total. The molecule has 1 amide bonds. The maximum Gasteiger partial charge on any atom is 0.341 e. The lowest BCUT2D eigenvalue weighted by molar-refractivity contribution is -0.255. The number of methoxy groups -OCH3 is 1. The fraction of sp³-hybridized carbons (Fsp3) is 0.235. The second kappa shape index (κ2) is 6.45. The molecule has 0 spiro atoms. The van der Waals surface area contributed by atoms with E-state index in [0.717, 1.165) is 29.7 Å². The number of fused-ring (bicyclic) bond motifs is 1. The van der Waals surface area contributed by atoms with E-state index in [1.807, 2.05) is 0 Å². The van der Waals surface area contributed by atoms with Crippen molar-refractivity contribution in [2.24, 2.45) is 0 Å². The van der Waals surface area contributed by atoms with Gasteiger partial charge in [0.1, 0.15) is 5.00 Å². The number of esters is 1. The maximum absolute atomic E-state index is 12.5. The molecule has 7 heteroatoms. The van der Waals surface area contributed by atoms with Gasteiger partial charge in [0.05, 0.1) is 18.6 Å². The van der Waals surface area contributed by atoms with Crippen LogP contribution < -0.4 is 10.4 Å². The van der Waals surface area contributed by atoms with Crippen LogP contribution in [0.1, 0.15) is 47.9 Å². The van der Waals surface area contributed by atoms with E-state index < -0.39 is 17.8 Å². The van der Waals surface area contributed by atoms with Crippen LogP contribution in [0.4, 0.5) is 5.00 Å². The summed E-state index contributed by atoms with van der Waals surface area (Å²) in [5, 5.41) is 14.2. The molecular formula is C17H14NO5S-. The van der Waals surface area contributed by atoms with Crippen LogP contribution in [0, 0.1) is 0 Å². The molecular weight excluding hydrogens is 330 g/mol. The summed E-state index contributed by atoms with van der Waals surface area (Å²) in [7, 11) is 1.29. The van der Waals surface area contributed by atoms with E-state index in [2.05, 4.69) is 5.32 Å². The highest BCUT2D eigenvalue weighted by molar-refractivity contribution is 7.17. The third-order valence-corrected chi connectivity index (χ3v) is 5.14. The van der Waals surface area contributed by atoms with Gasteiger partial charge in [-0.1, -0.05) is 18.2 Å². The number of amides is 1. The quantitative estimate of drug-likeness (QED) is 0.851. The van der Waals surface area contributed by atoms with E-state index >= 15 is 0 Å². The summed E-state index contributed by atoms with van der Waals surface area (Å²) in [4.78, 5) is 36.8. The van der Waals surface area contributed by atoms with Crippen molar-refractivity contribution in [2.75, 3.05) is 12.4 Å². The van der Waals surface area contributed by atoms with Crippen molar-refractivity contribution in [3.63, 3.8) is 0 Å². The Kier molecular flexibility index (Phi) is 4.35. The van der Waals surface area contributed by atoms with Crippen LogP contribution in [-0.2, 0) is 17.6 Å². The summed E-state index contributed by atoms with van der Waals surface area (Å²) in [6.45, 7) is 0.